The Morgan fingerprint density at radius 2 is 1.70 bits per heavy atom. The molecule has 1 amide bonds. The number of hydrogen-bond donors (Lipinski definition) is 1. The highest BCUT2D eigenvalue weighted by Gasteiger charge is 2.27. The maximum Gasteiger partial charge on any atom is 0.293 e. The van der Waals surface area contributed by atoms with Gasteiger partial charge in [0.15, 0.2) is 5.82 Å². The van der Waals surface area contributed by atoms with Crippen LogP contribution in [0, 0.1) is 5.92 Å². The van der Waals surface area contributed by atoms with Crippen LogP contribution in [0.15, 0.2) is 29.1 Å². The Bertz CT molecular complexity index is 990. The van der Waals surface area contributed by atoms with E-state index in [1.807, 2.05) is 31.2 Å². The summed E-state index contributed by atoms with van der Waals surface area (Å²) in [6.07, 6.45) is 2.50. The number of anilines is 1. The molecule has 1 aromatic heterocycles. The molecule has 33 heavy (non-hydrogen) atoms. The number of carbonyl (C=O) groups is 1. The Kier molecular flexibility index (Phi) is 7.98. The SMILES string of the molecule is CCN1CCN(CCCNC(=O)C2CCN(c3nc4ccccc4n(CC)c3=O)CC2)CC1. The highest BCUT2D eigenvalue weighted by Crippen LogP contribution is 2.22. The molecule has 0 spiro atoms. The van der Waals surface area contributed by atoms with E-state index in [0.29, 0.717) is 25.5 Å². The molecule has 8 heteroatoms. The van der Waals surface area contributed by atoms with Gasteiger partial charge in [0, 0.05) is 58.3 Å². The summed E-state index contributed by atoms with van der Waals surface area (Å²) in [4.78, 5) is 37.4. The van der Waals surface area contributed by atoms with Crippen molar-refractivity contribution in [2.75, 3.05) is 63.8 Å². The molecule has 1 N–H and O–H groups in total. The van der Waals surface area contributed by atoms with Crippen LogP contribution in [0.4, 0.5) is 5.82 Å². The second kappa shape index (κ2) is 11.1. The molecule has 2 fully saturated rings. The van der Waals surface area contributed by atoms with E-state index < -0.39 is 0 Å². The summed E-state index contributed by atoms with van der Waals surface area (Å²) in [6, 6.07) is 7.78. The van der Waals surface area contributed by atoms with E-state index in [1.165, 1.54) is 0 Å². The molecular formula is C25H38N6O2. The number of nitrogens with zero attached hydrogens (tertiary/aromatic N) is 5. The number of rotatable bonds is 8. The highest BCUT2D eigenvalue weighted by molar-refractivity contribution is 5.79. The normalized spacial score (nSPS) is 18.7. The summed E-state index contributed by atoms with van der Waals surface area (Å²) in [7, 11) is 0. The van der Waals surface area contributed by atoms with Gasteiger partial charge in [0.2, 0.25) is 5.91 Å². The monoisotopic (exact) mass is 454 g/mol. The molecule has 0 bridgehead atoms. The molecule has 2 aliphatic rings. The topological polar surface area (TPSA) is 73.7 Å². The number of amides is 1. The van der Waals surface area contributed by atoms with Gasteiger partial charge in [-0.15, -0.1) is 0 Å². The highest BCUT2D eigenvalue weighted by atomic mass is 16.2. The largest absolute Gasteiger partial charge is 0.356 e. The molecule has 3 heterocycles. The minimum Gasteiger partial charge on any atom is -0.356 e. The van der Waals surface area contributed by atoms with Crippen molar-refractivity contribution in [1.29, 1.82) is 0 Å². The van der Waals surface area contributed by atoms with Crippen LogP contribution in [0.1, 0.15) is 33.1 Å². The smallest absolute Gasteiger partial charge is 0.293 e. The second-order valence-electron chi connectivity index (χ2n) is 9.16. The zero-order chi connectivity index (χ0) is 23.2. The molecule has 2 aromatic rings. The number of carbonyl (C=O) groups excluding carboxylic acids is 1. The maximum atomic E-state index is 13.0. The molecule has 4 rings (SSSR count). The zero-order valence-corrected chi connectivity index (χ0v) is 20.1. The standard InChI is InChI=1S/C25H38N6O2/c1-3-28-16-18-29(19-17-28)13-7-12-26-24(32)20-10-14-30(15-11-20)23-25(33)31(4-2)22-9-6-5-8-21(22)27-23/h5-6,8-9,20H,3-4,7,10-19H2,1-2H3,(H,26,32). The quantitative estimate of drug-likeness (QED) is 0.613. The summed E-state index contributed by atoms with van der Waals surface area (Å²) in [5.41, 5.74) is 1.67. The average molecular weight is 455 g/mol. The molecule has 0 unspecified atom stereocenters. The fraction of sp³-hybridized carbons (Fsp3) is 0.640. The number of fused-ring (bicyclic) bond motifs is 1. The molecule has 0 radical (unpaired) electrons. The van der Waals surface area contributed by atoms with Gasteiger partial charge in [-0.05, 0) is 51.4 Å². The van der Waals surface area contributed by atoms with E-state index in [-0.39, 0.29) is 17.4 Å². The molecule has 0 atom stereocenters. The number of aromatic nitrogens is 2. The summed E-state index contributed by atoms with van der Waals surface area (Å²) in [5.74, 6) is 0.684. The lowest BCUT2D eigenvalue weighted by atomic mass is 9.96. The van der Waals surface area contributed by atoms with Gasteiger partial charge < -0.3 is 24.6 Å². The van der Waals surface area contributed by atoms with Gasteiger partial charge in [0.1, 0.15) is 0 Å². The molecule has 2 aliphatic heterocycles. The van der Waals surface area contributed by atoms with Gasteiger partial charge in [0.05, 0.1) is 11.0 Å². The van der Waals surface area contributed by atoms with Crippen molar-refractivity contribution >= 4 is 22.8 Å². The Morgan fingerprint density at radius 3 is 2.39 bits per heavy atom. The summed E-state index contributed by atoms with van der Waals surface area (Å²) in [6.45, 7) is 13.7. The lowest BCUT2D eigenvalue weighted by molar-refractivity contribution is -0.125. The molecular weight excluding hydrogens is 416 g/mol. The third kappa shape index (κ3) is 5.55. The number of likely N-dealkylation sites (N-methyl/N-ethyl adjacent to an activating group) is 1. The van der Waals surface area contributed by atoms with Crippen LogP contribution >= 0.6 is 0 Å². The zero-order valence-electron chi connectivity index (χ0n) is 20.1. The first-order valence-electron chi connectivity index (χ1n) is 12.6. The minimum absolute atomic E-state index is 0.0169. The van der Waals surface area contributed by atoms with Crippen LogP contribution in [0.25, 0.3) is 11.0 Å². The molecule has 0 saturated carbocycles. The first-order valence-corrected chi connectivity index (χ1v) is 12.6. The summed E-state index contributed by atoms with van der Waals surface area (Å²) >= 11 is 0. The number of piperazine rings is 1. The Balaban J connectivity index is 1.25. The van der Waals surface area contributed by atoms with Crippen LogP contribution in [0.3, 0.4) is 0 Å². The first-order chi connectivity index (χ1) is 16.1. The van der Waals surface area contributed by atoms with Crippen LogP contribution in [-0.2, 0) is 11.3 Å². The Labute approximate surface area is 196 Å². The lowest BCUT2D eigenvalue weighted by Crippen LogP contribution is -2.47. The van der Waals surface area contributed by atoms with Crippen LogP contribution in [-0.4, -0.2) is 84.2 Å². The van der Waals surface area contributed by atoms with E-state index in [4.69, 9.17) is 0 Å². The van der Waals surface area contributed by atoms with Gasteiger partial charge in [-0.1, -0.05) is 19.1 Å². The third-order valence-corrected chi connectivity index (χ3v) is 7.18. The third-order valence-electron chi connectivity index (χ3n) is 7.18. The molecule has 0 aliphatic carbocycles. The van der Waals surface area contributed by atoms with Crippen molar-refractivity contribution in [1.82, 2.24) is 24.7 Å². The average Bonchev–Trinajstić information content (AvgIpc) is 2.86. The van der Waals surface area contributed by atoms with Crippen molar-refractivity contribution < 1.29 is 4.79 Å². The van der Waals surface area contributed by atoms with E-state index >= 15 is 0 Å². The van der Waals surface area contributed by atoms with E-state index in [9.17, 15) is 9.59 Å². The van der Waals surface area contributed by atoms with E-state index in [2.05, 4.69) is 31.9 Å². The molecule has 180 valence electrons. The second-order valence-corrected chi connectivity index (χ2v) is 9.16. The van der Waals surface area contributed by atoms with Crippen LogP contribution in [0.2, 0.25) is 0 Å². The Hall–Kier alpha value is -2.45. The number of nitrogens with one attached hydrogen (secondary N) is 1. The van der Waals surface area contributed by atoms with Crippen molar-refractivity contribution in [2.24, 2.45) is 5.92 Å². The van der Waals surface area contributed by atoms with E-state index in [1.54, 1.807) is 4.57 Å². The number of aryl methyl sites for hydroxylation is 1. The molecule has 8 nitrogen and oxygen atoms in total. The van der Waals surface area contributed by atoms with Crippen molar-refractivity contribution in [3.63, 3.8) is 0 Å². The van der Waals surface area contributed by atoms with Crippen LogP contribution in [0.5, 0.6) is 0 Å². The predicted molar refractivity (Wildman–Crippen MR) is 133 cm³/mol. The number of para-hydroxylation sites is 2. The van der Waals surface area contributed by atoms with Gasteiger partial charge >= 0.3 is 0 Å². The van der Waals surface area contributed by atoms with Gasteiger partial charge in [-0.2, -0.15) is 0 Å². The number of benzene rings is 1. The van der Waals surface area contributed by atoms with Crippen molar-refractivity contribution in [3.05, 3.63) is 34.6 Å². The van der Waals surface area contributed by atoms with Gasteiger partial charge in [-0.25, -0.2) is 4.98 Å². The van der Waals surface area contributed by atoms with Gasteiger partial charge in [-0.3, -0.25) is 9.59 Å². The fourth-order valence-corrected chi connectivity index (χ4v) is 5.04. The van der Waals surface area contributed by atoms with E-state index in [0.717, 1.165) is 76.1 Å². The minimum atomic E-state index is -0.0427. The van der Waals surface area contributed by atoms with Crippen molar-refractivity contribution in [3.8, 4) is 0 Å². The number of piperidine rings is 1. The molecule has 2 saturated heterocycles. The Morgan fingerprint density at radius 1 is 1.00 bits per heavy atom. The fourth-order valence-electron chi connectivity index (χ4n) is 5.04. The lowest BCUT2D eigenvalue weighted by Gasteiger charge is -2.34. The summed E-state index contributed by atoms with van der Waals surface area (Å²) in [5, 5.41) is 3.14. The van der Waals surface area contributed by atoms with Crippen LogP contribution < -0.4 is 15.8 Å². The number of hydrogen-bond acceptors (Lipinski definition) is 6. The predicted octanol–water partition coefficient (Wildman–Crippen LogP) is 1.78. The molecule has 1 aromatic carbocycles. The first kappa shape index (κ1) is 23.7. The van der Waals surface area contributed by atoms with Crippen molar-refractivity contribution in [2.45, 2.75) is 39.7 Å². The summed E-state index contributed by atoms with van der Waals surface area (Å²) < 4.78 is 1.79. The van der Waals surface area contributed by atoms with Gasteiger partial charge in [0.25, 0.3) is 5.56 Å². The maximum absolute atomic E-state index is 13.0.